The van der Waals surface area contributed by atoms with E-state index < -0.39 is 12.3 Å². The van der Waals surface area contributed by atoms with Gasteiger partial charge in [0.25, 0.3) is 5.91 Å². The quantitative estimate of drug-likeness (QED) is 0.301. The second-order valence-electron chi connectivity index (χ2n) is 9.76. The summed E-state index contributed by atoms with van der Waals surface area (Å²) in [5, 5.41) is 12.5. The van der Waals surface area contributed by atoms with E-state index in [-0.39, 0.29) is 11.9 Å². The van der Waals surface area contributed by atoms with Gasteiger partial charge >= 0.3 is 6.16 Å². The summed E-state index contributed by atoms with van der Waals surface area (Å²) in [5.41, 5.74) is 2.37. The lowest BCUT2D eigenvalue weighted by molar-refractivity contribution is 0.0326. The number of amides is 1. The van der Waals surface area contributed by atoms with Gasteiger partial charge in [-0.05, 0) is 73.2 Å². The smallest absolute Gasteiger partial charge is 0.497 e. The summed E-state index contributed by atoms with van der Waals surface area (Å²) in [4.78, 5) is 24.0. The summed E-state index contributed by atoms with van der Waals surface area (Å²) in [7, 11) is 1.66. The highest BCUT2D eigenvalue weighted by molar-refractivity contribution is 6.32. The molecule has 1 heterocycles. The SMILES string of the molecule is COc1ccc(C2CCCC(NC(=O)c3ccc(Oc4cc5c(cc4Cl)C(OC(=O)O)CCO5)cc3)C2)cc1. The number of halogens is 1. The van der Waals surface area contributed by atoms with Crippen LogP contribution in [0.2, 0.25) is 5.02 Å². The van der Waals surface area contributed by atoms with Crippen molar-refractivity contribution in [2.24, 2.45) is 0 Å². The lowest BCUT2D eigenvalue weighted by Crippen LogP contribution is -2.37. The van der Waals surface area contributed by atoms with Crippen molar-refractivity contribution in [1.29, 1.82) is 0 Å². The van der Waals surface area contributed by atoms with E-state index in [0.29, 0.717) is 52.3 Å². The van der Waals surface area contributed by atoms with Gasteiger partial charge in [0.1, 0.15) is 29.1 Å². The van der Waals surface area contributed by atoms with Gasteiger partial charge in [-0.15, -0.1) is 0 Å². The molecular weight excluding hydrogens is 522 g/mol. The van der Waals surface area contributed by atoms with Crippen molar-refractivity contribution in [3.63, 3.8) is 0 Å². The van der Waals surface area contributed by atoms with Crippen molar-refractivity contribution in [3.8, 4) is 23.0 Å². The minimum absolute atomic E-state index is 0.109. The number of carbonyl (C=O) groups is 2. The number of carbonyl (C=O) groups excluding carboxylic acids is 1. The lowest BCUT2D eigenvalue weighted by atomic mass is 9.81. The van der Waals surface area contributed by atoms with Crippen molar-refractivity contribution in [1.82, 2.24) is 5.32 Å². The highest BCUT2D eigenvalue weighted by atomic mass is 35.5. The first-order valence-electron chi connectivity index (χ1n) is 13.0. The largest absolute Gasteiger partial charge is 0.506 e. The van der Waals surface area contributed by atoms with Crippen LogP contribution in [0.1, 0.15) is 65.6 Å². The maximum Gasteiger partial charge on any atom is 0.506 e. The molecule has 1 saturated carbocycles. The third-order valence-electron chi connectivity index (χ3n) is 7.23. The van der Waals surface area contributed by atoms with Gasteiger partial charge in [-0.25, -0.2) is 4.79 Å². The minimum Gasteiger partial charge on any atom is -0.497 e. The van der Waals surface area contributed by atoms with Gasteiger partial charge in [0.15, 0.2) is 0 Å². The first-order chi connectivity index (χ1) is 18.9. The Morgan fingerprint density at radius 1 is 1.00 bits per heavy atom. The summed E-state index contributed by atoms with van der Waals surface area (Å²) in [6, 6.07) is 18.4. The van der Waals surface area contributed by atoms with Crippen LogP contribution >= 0.6 is 11.6 Å². The molecule has 8 nitrogen and oxygen atoms in total. The second-order valence-corrected chi connectivity index (χ2v) is 10.2. The summed E-state index contributed by atoms with van der Waals surface area (Å²) in [5.74, 6) is 2.44. The fourth-order valence-corrected chi connectivity index (χ4v) is 5.46. The van der Waals surface area contributed by atoms with Crippen molar-refractivity contribution in [2.75, 3.05) is 13.7 Å². The molecule has 0 saturated heterocycles. The second kappa shape index (κ2) is 11.9. The van der Waals surface area contributed by atoms with Gasteiger partial charge in [-0.1, -0.05) is 30.2 Å². The summed E-state index contributed by atoms with van der Waals surface area (Å²) >= 11 is 6.42. The standard InChI is InChI=1S/C30H30ClNO7/c1-36-22-9-5-18(6-10-22)20-3-2-4-21(15-20)32-29(33)19-7-11-23(12-8-19)38-28-17-27-24(16-25(28)31)26(13-14-37-27)39-30(34)35/h5-12,16-17,20-21,26H,2-4,13-15H2,1H3,(H,32,33)(H,34,35). The van der Waals surface area contributed by atoms with Gasteiger partial charge in [-0.3, -0.25) is 4.79 Å². The van der Waals surface area contributed by atoms with Crippen LogP contribution in [0.25, 0.3) is 0 Å². The molecule has 1 aliphatic carbocycles. The van der Waals surface area contributed by atoms with Crippen LogP contribution in [0.3, 0.4) is 0 Å². The predicted molar refractivity (Wildman–Crippen MR) is 145 cm³/mol. The number of carboxylic acid groups (broad SMARTS) is 1. The Morgan fingerprint density at radius 3 is 2.46 bits per heavy atom. The molecule has 39 heavy (non-hydrogen) atoms. The fraction of sp³-hybridized carbons (Fsp3) is 0.333. The molecule has 2 aliphatic rings. The predicted octanol–water partition coefficient (Wildman–Crippen LogP) is 7.12. The number of nitrogens with one attached hydrogen (secondary N) is 1. The van der Waals surface area contributed by atoms with Crippen LogP contribution in [0.4, 0.5) is 4.79 Å². The van der Waals surface area contributed by atoms with Crippen LogP contribution in [0, 0.1) is 0 Å². The zero-order valence-electron chi connectivity index (χ0n) is 21.5. The molecule has 1 fully saturated rings. The van der Waals surface area contributed by atoms with Gasteiger partial charge in [0.2, 0.25) is 0 Å². The van der Waals surface area contributed by atoms with Crippen LogP contribution in [0.15, 0.2) is 60.7 Å². The number of hydrogen-bond donors (Lipinski definition) is 2. The Labute approximate surface area is 231 Å². The van der Waals surface area contributed by atoms with Crippen LogP contribution < -0.4 is 19.5 Å². The molecule has 1 amide bonds. The zero-order valence-corrected chi connectivity index (χ0v) is 22.3. The Kier molecular flexibility index (Phi) is 8.12. The van der Waals surface area contributed by atoms with Gasteiger partial charge in [0, 0.05) is 29.7 Å². The maximum atomic E-state index is 13.0. The van der Waals surface area contributed by atoms with Gasteiger partial charge in [0.05, 0.1) is 18.7 Å². The van der Waals surface area contributed by atoms with Crippen LogP contribution in [-0.2, 0) is 4.74 Å². The number of fused-ring (bicyclic) bond motifs is 1. The van der Waals surface area contributed by atoms with Crippen molar-refractivity contribution < 1.29 is 33.6 Å². The van der Waals surface area contributed by atoms with E-state index in [4.69, 9.17) is 35.7 Å². The molecule has 204 valence electrons. The number of hydrogen-bond acceptors (Lipinski definition) is 6. The van der Waals surface area contributed by atoms with Gasteiger partial charge in [-0.2, -0.15) is 0 Å². The number of benzene rings is 3. The molecule has 1 aliphatic heterocycles. The molecule has 3 aromatic carbocycles. The number of rotatable bonds is 7. The third-order valence-corrected chi connectivity index (χ3v) is 7.53. The van der Waals surface area contributed by atoms with E-state index in [9.17, 15) is 9.59 Å². The van der Waals surface area contributed by atoms with Crippen molar-refractivity contribution in [2.45, 2.75) is 50.2 Å². The summed E-state index contributed by atoms with van der Waals surface area (Å²) in [6.45, 7) is 0.317. The van der Waals surface area contributed by atoms with E-state index in [2.05, 4.69) is 17.4 Å². The van der Waals surface area contributed by atoms with E-state index in [0.717, 1.165) is 31.4 Å². The van der Waals surface area contributed by atoms with E-state index >= 15 is 0 Å². The molecule has 2 N–H and O–H groups in total. The van der Waals surface area contributed by atoms with Crippen LogP contribution in [-0.4, -0.2) is 36.9 Å². The van der Waals surface area contributed by atoms with E-state index in [1.807, 2.05) is 12.1 Å². The Balaban J connectivity index is 1.20. The molecule has 3 atom stereocenters. The number of methoxy groups -OCH3 is 1. The molecule has 0 spiro atoms. The highest BCUT2D eigenvalue weighted by Gasteiger charge is 2.27. The molecule has 9 heteroatoms. The Hall–Kier alpha value is -3.91. The normalized spacial score (nSPS) is 20.2. The van der Waals surface area contributed by atoms with E-state index in [1.54, 1.807) is 43.5 Å². The average molecular weight is 552 g/mol. The Morgan fingerprint density at radius 2 is 1.74 bits per heavy atom. The summed E-state index contributed by atoms with van der Waals surface area (Å²) < 4.78 is 21.8. The molecular formula is C30H30ClNO7. The van der Waals surface area contributed by atoms with Crippen molar-refractivity contribution >= 4 is 23.7 Å². The molecule has 5 rings (SSSR count). The first-order valence-corrected chi connectivity index (χ1v) is 13.4. The van der Waals surface area contributed by atoms with Crippen molar-refractivity contribution in [3.05, 3.63) is 82.4 Å². The Bertz CT molecular complexity index is 1330. The van der Waals surface area contributed by atoms with E-state index in [1.165, 1.54) is 5.56 Å². The molecule has 0 bridgehead atoms. The monoisotopic (exact) mass is 551 g/mol. The lowest BCUT2D eigenvalue weighted by Gasteiger charge is -2.30. The topological polar surface area (TPSA) is 103 Å². The summed E-state index contributed by atoms with van der Waals surface area (Å²) in [6.07, 6.45) is 2.42. The first kappa shape index (κ1) is 26.7. The minimum atomic E-state index is -1.35. The molecule has 3 unspecified atom stereocenters. The highest BCUT2D eigenvalue weighted by Crippen LogP contribution is 2.42. The third kappa shape index (κ3) is 6.40. The van der Waals surface area contributed by atoms with Gasteiger partial charge < -0.3 is 29.4 Å². The fourth-order valence-electron chi connectivity index (χ4n) is 5.25. The molecule has 3 aromatic rings. The van der Waals surface area contributed by atoms with Crippen LogP contribution in [0.5, 0.6) is 23.0 Å². The molecule has 0 radical (unpaired) electrons. The maximum absolute atomic E-state index is 13.0. The average Bonchev–Trinajstić information content (AvgIpc) is 2.94. The number of ether oxygens (including phenoxy) is 4. The molecule has 0 aromatic heterocycles. The zero-order chi connectivity index (χ0) is 27.4.